The Bertz CT molecular complexity index is 145. The van der Waals surface area contributed by atoms with E-state index in [-0.39, 0.29) is 0 Å². The summed E-state index contributed by atoms with van der Waals surface area (Å²) in [6.45, 7) is 3.35. The summed E-state index contributed by atoms with van der Waals surface area (Å²) in [6, 6.07) is 0. The fraction of sp³-hybridized carbons (Fsp3) is 0.200. The highest BCUT2D eigenvalue weighted by molar-refractivity contribution is 4.99. The Balaban J connectivity index is 2.77. The Labute approximate surface area is 47.4 Å². The fourth-order valence-corrected chi connectivity index (χ4v) is 0.454. The van der Waals surface area contributed by atoms with E-state index in [1.54, 1.807) is 6.20 Å². The number of hydrogen-bond donors (Lipinski definition) is 2. The summed E-state index contributed by atoms with van der Waals surface area (Å²) in [6.07, 6.45) is 2.41. The monoisotopic (exact) mass is 111 g/mol. The summed E-state index contributed by atoms with van der Waals surface area (Å²) in [5.41, 5.74) is 0.574. The van der Waals surface area contributed by atoms with E-state index in [1.165, 1.54) is 6.33 Å². The van der Waals surface area contributed by atoms with E-state index < -0.39 is 6.10 Å². The van der Waals surface area contributed by atoms with Crippen molar-refractivity contribution in [3.63, 3.8) is 0 Å². The van der Waals surface area contributed by atoms with Crippen LogP contribution in [0.5, 0.6) is 0 Å². The van der Waals surface area contributed by atoms with Crippen LogP contribution in [0, 0.1) is 6.92 Å². The van der Waals surface area contributed by atoms with E-state index in [2.05, 4.69) is 16.9 Å². The molecule has 3 nitrogen and oxygen atoms in total. The van der Waals surface area contributed by atoms with Gasteiger partial charge >= 0.3 is 0 Å². The molecule has 0 aliphatic carbocycles. The van der Waals surface area contributed by atoms with E-state index >= 15 is 0 Å². The van der Waals surface area contributed by atoms with Crippen molar-refractivity contribution in [3.8, 4) is 0 Å². The van der Waals surface area contributed by atoms with Gasteiger partial charge in [0.15, 0.2) is 0 Å². The molecule has 1 aromatic heterocycles. The number of rotatable bonds is 1. The standard InChI is InChI=1S/C5H7N2O/c1-4(8)5-2-6-3-7-5/h2-4,8H,1H2,(H,6,7). The van der Waals surface area contributed by atoms with Crippen molar-refractivity contribution in [1.82, 2.24) is 9.97 Å². The van der Waals surface area contributed by atoms with Gasteiger partial charge in [-0.1, -0.05) is 0 Å². The molecule has 43 valence electrons. The second kappa shape index (κ2) is 1.96. The average molecular weight is 111 g/mol. The molecule has 0 spiro atoms. The van der Waals surface area contributed by atoms with Crippen molar-refractivity contribution in [2.24, 2.45) is 0 Å². The third-order valence-electron chi connectivity index (χ3n) is 0.861. The van der Waals surface area contributed by atoms with Gasteiger partial charge in [0.25, 0.3) is 0 Å². The number of aromatic amines is 1. The first kappa shape index (κ1) is 5.31. The van der Waals surface area contributed by atoms with Crippen LogP contribution in [0.4, 0.5) is 0 Å². The Kier molecular flexibility index (Phi) is 1.30. The summed E-state index contributed by atoms with van der Waals surface area (Å²) >= 11 is 0. The predicted octanol–water partition coefficient (Wildman–Crippen LogP) is 0.277. The van der Waals surface area contributed by atoms with Gasteiger partial charge in [-0.25, -0.2) is 4.98 Å². The Hall–Kier alpha value is -0.830. The van der Waals surface area contributed by atoms with Gasteiger partial charge in [-0.2, -0.15) is 0 Å². The van der Waals surface area contributed by atoms with Crippen LogP contribution in [0.15, 0.2) is 12.5 Å². The molecule has 1 heterocycles. The second-order valence-electron chi connectivity index (χ2n) is 1.51. The van der Waals surface area contributed by atoms with Crippen molar-refractivity contribution in [2.75, 3.05) is 0 Å². The second-order valence-corrected chi connectivity index (χ2v) is 1.51. The Morgan fingerprint density at radius 1 is 1.88 bits per heavy atom. The number of aliphatic hydroxyl groups excluding tert-OH is 1. The smallest absolute Gasteiger partial charge is 0.0976 e. The zero-order valence-corrected chi connectivity index (χ0v) is 4.33. The summed E-state index contributed by atoms with van der Waals surface area (Å²) in [7, 11) is 0. The predicted molar refractivity (Wildman–Crippen MR) is 28.9 cm³/mol. The normalized spacial score (nSPS) is 13.8. The number of aliphatic hydroxyl groups is 1. The van der Waals surface area contributed by atoms with Crippen LogP contribution >= 0.6 is 0 Å². The zero-order chi connectivity index (χ0) is 5.98. The van der Waals surface area contributed by atoms with Crippen LogP contribution in [0.25, 0.3) is 0 Å². The minimum Gasteiger partial charge on any atom is -0.387 e. The maximum absolute atomic E-state index is 8.72. The van der Waals surface area contributed by atoms with E-state index in [0.717, 1.165) is 0 Å². The SMILES string of the molecule is [CH2]C(O)c1c[nH]cn1. The maximum Gasteiger partial charge on any atom is 0.0976 e. The van der Waals surface area contributed by atoms with Gasteiger partial charge in [-0.15, -0.1) is 0 Å². The van der Waals surface area contributed by atoms with E-state index in [0.29, 0.717) is 5.69 Å². The Morgan fingerprint density at radius 3 is 2.88 bits per heavy atom. The molecule has 0 saturated carbocycles. The van der Waals surface area contributed by atoms with Crippen LogP contribution in [0.1, 0.15) is 11.8 Å². The van der Waals surface area contributed by atoms with Gasteiger partial charge in [-0.3, -0.25) is 0 Å². The first-order valence-corrected chi connectivity index (χ1v) is 2.30. The van der Waals surface area contributed by atoms with Gasteiger partial charge in [0.1, 0.15) is 0 Å². The molecule has 1 aromatic rings. The number of hydrogen-bond acceptors (Lipinski definition) is 2. The van der Waals surface area contributed by atoms with Crippen LogP contribution < -0.4 is 0 Å². The molecule has 0 aliphatic heterocycles. The molecular weight excluding hydrogens is 104 g/mol. The molecule has 2 N–H and O–H groups in total. The molecule has 8 heavy (non-hydrogen) atoms. The Morgan fingerprint density at radius 2 is 2.62 bits per heavy atom. The highest BCUT2D eigenvalue weighted by atomic mass is 16.3. The summed E-state index contributed by atoms with van der Waals surface area (Å²) < 4.78 is 0. The number of imidazole rings is 1. The van der Waals surface area contributed by atoms with Crippen molar-refractivity contribution >= 4 is 0 Å². The van der Waals surface area contributed by atoms with Crippen molar-refractivity contribution in [3.05, 3.63) is 25.1 Å². The molecule has 1 radical (unpaired) electrons. The van der Waals surface area contributed by atoms with E-state index in [1.807, 2.05) is 0 Å². The molecule has 0 saturated heterocycles. The van der Waals surface area contributed by atoms with Gasteiger partial charge < -0.3 is 10.1 Å². The topological polar surface area (TPSA) is 48.9 Å². The van der Waals surface area contributed by atoms with Gasteiger partial charge in [-0.05, 0) is 6.92 Å². The summed E-state index contributed by atoms with van der Waals surface area (Å²) in [5, 5.41) is 8.72. The summed E-state index contributed by atoms with van der Waals surface area (Å²) in [4.78, 5) is 6.45. The number of aromatic nitrogens is 2. The minimum atomic E-state index is -0.707. The lowest BCUT2D eigenvalue weighted by Gasteiger charge is -1.93. The third-order valence-corrected chi connectivity index (χ3v) is 0.861. The lowest BCUT2D eigenvalue weighted by molar-refractivity contribution is 0.221. The van der Waals surface area contributed by atoms with Gasteiger partial charge in [0.05, 0.1) is 18.1 Å². The zero-order valence-electron chi connectivity index (χ0n) is 4.33. The molecule has 1 unspecified atom stereocenters. The molecule has 0 bridgehead atoms. The van der Waals surface area contributed by atoms with Gasteiger partial charge in [0, 0.05) is 6.20 Å². The van der Waals surface area contributed by atoms with Crippen LogP contribution in [-0.2, 0) is 0 Å². The van der Waals surface area contributed by atoms with Crippen LogP contribution in [-0.4, -0.2) is 15.1 Å². The van der Waals surface area contributed by atoms with Crippen molar-refractivity contribution in [2.45, 2.75) is 6.10 Å². The largest absolute Gasteiger partial charge is 0.387 e. The van der Waals surface area contributed by atoms with Crippen molar-refractivity contribution < 1.29 is 5.11 Å². The lowest BCUT2D eigenvalue weighted by atomic mass is 10.3. The number of nitrogens with one attached hydrogen (secondary N) is 1. The molecule has 1 rings (SSSR count). The molecule has 3 heteroatoms. The molecule has 0 amide bonds. The van der Waals surface area contributed by atoms with Crippen LogP contribution in [0.2, 0.25) is 0 Å². The first-order chi connectivity index (χ1) is 3.80. The van der Waals surface area contributed by atoms with Gasteiger partial charge in [0.2, 0.25) is 0 Å². The van der Waals surface area contributed by atoms with Crippen LogP contribution in [0.3, 0.4) is 0 Å². The highest BCUT2D eigenvalue weighted by Crippen LogP contribution is 2.03. The number of H-pyrrole nitrogens is 1. The first-order valence-electron chi connectivity index (χ1n) is 2.30. The molecular formula is C5H7N2O. The maximum atomic E-state index is 8.72. The molecule has 0 fully saturated rings. The molecule has 1 atom stereocenters. The number of nitrogens with zero attached hydrogens (tertiary/aromatic N) is 1. The average Bonchev–Trinajstić information content (AvgIpc) is 2.12. The molecule has 0 aliphatic rings. The van der Waals surface area contributed by atoms with E-state index in [9.17, 15) is 0 Å². The van der Waals surface area contributed by atoms with E-state index in [4.69, 9.17) is 5.11 Å². The third kappa shape index (κ3) is 0.869. The fourth-order valence-electron chi connectivity index (χ4n) is 0.454. The summed E-state index contributed by atoms with van der Waals surface area (Å²) in [5.74, 6) is 0. The quantitative estimate of drug-likeness (QED) is 0.546. The van der Waals surface area contributed by atoms with Crippen molar-refractivity contribution in [1.29, 1.82) is 0 Å². The minimum absolute atomic E-state index is 0.574. The lowest BCUT2D eigenvalue weighted by Crippen LogP contribution is -1.89. The molecule has 0 aromatic carbocycles. The highest BCUT2D eigenvalue weighted by Gasteiger charge is 1.98.